The lowest BCUT2D eigenvalue weighted by Gasteiger charge is -2.10. The first-order valence-corrected chi connectivity index (χ1v) is 8.11. The van der Waals surface area contributed by atoms with Crippen LogP contribution in [0.4, 0.5) is 16.5 Å². The summed E-state index contributed by atoms with van der Waals surface area (Å²) in [7, 11) is -2.43. The quantitative estimate of drug-likeness (QED) is 0.642. The Balaban J connectivity index is 2.47. The van der Waals surface area contributed by atoms with Gasteiger partial charge in [0, 0.05) is 24.6 Å². The maximum absolute atomic E-state index is 12.4. The number of aryl methyl sites for hydroxylation is 1. The van der Waals surface area contributed by atoms with Crippen LogP contribution in [-0.4, -0.2) is 25.4 Å². The monoisotopic (exact) mass is 328 g/mol. The molecular weight excluding hydrogens is 316 g/mol. The first kappa shape index (κ1) is 15.2. The molecule has 2 N–H and O–H groups in total. The van der Waals surface area contributed by atoms with Crippen LogP contribution in [0.1, 0.15) is 5.69 Å². The van der Waals surface area contributed by atoms with Gasteiger partial charge in [-0.15, -0.1) is 11.3 Å². The maximum Gasteiger partial charge on any atom is 0.270 e. The smallest absolute Gasteiger partial charge is 0.270 e. The van der Waals surface area contributed by atoms with Crippen LogP contribution in [0.5, 0.6) is 0 Å². The number of nitro groups is 1. The van der Waals surface area contributed by atoms with E-state index in [1.807, 2.05) is 0 Å². The highest BCUT2D eigenvalue weighted by Gasteiger charge is 2.23. The molecule has 0 saturated heterocycles. The minimum atomic E-state index is -3.97. The van der Waals surface area contributed by atoms with Gasteiger partial charge in [0.15, 0.2) is 5.13 Å². The fourth-order valence-electron chi connectivity index (χ4n) is 1.62. The summed E-state index contributed by atoms with van der Waals surface area (Å²) in [4.78, 5) is 14.0. The van der Waals surface area contributed by atoms with Crippen molar-refractivity contribution in [3.63, 3.8) is 0 Å². The summed E-state index contributed by atoms with van der Waals surface area (Å²) in [6, 6.07) is 3.59. The highest BCUT2D eigenvalue weighted by atomic mass is 32.2. The molecule has 1 aromatic carbocycles. The van der Waals surface area contributed by atoms with Crippen LogP contribution in [0.3, 0.4) is 0 Å². The van der Waals surface area contributed by atoms with E-state index in [9.17, 15) is 18.5 Å². The van der Waals surface area contributed by atoms with Crippen molar-refractivity contribution in [3.05, 3.63) is 39.4 Å². The van der Waals surface area contributed by atoms with Crippen molar-refractivity contribution in [2.75, 3.05) is 17.1 Å². The Hall–Kier alpha value is -2.20. The summed E-state index contributed by atoms with van der Waals surface area (Å²) in [6.45, 7) is 1.74. The zero-order valence-electron chi connectivity index (χ0n) is 11.2. The van der Waals surface area contributed by atoms with Crippen molar-refractivity contribution >= 4 is 37.9 Å². The molecule has 0 unspecified atom stereocenters. The van der Waals surface area contributed by atoms with Crippen molar-refractivity contribution in [2.45, 2.75) is 11.8 Å². The van der Waals surface area contributed by atoms with Gasteiger partial charge in [0.05, 0.1) is 16.3 Å². The lowest BCUT2D eigenvalue weighted by Crippen LogP contribution is -2.15. The maximum atomic E-state index is 12.4. The molecule has 2 aromatic rings. The Labute approximate surface area is 125 Å². The molecule has 0 spiro atoms. The second-order valence-electron chi connectivity index (χ2n) is 4.09. The minimum Gasteiger partial charge on any atom is -0.387 e. The van der Waals surface area contributed by atoms with E-state index >= 15 is 0 Å². The van der Waals surface area contributed by atoms with E-state index in [0.29, 0.717) is 5.69 Å². The van der Waals surface area contributed by atoms with Gasteiger partial charge in [0.2, 0.25) is 0 Å². The van der Waals surface area contributed by atoms with E-state index in [-0.39, 0.29) is 21.4 Å². The van der Waals surface area contributed by atoms with Crippen LogP contribution in [0.25, 0.3) is 0 Å². The number of hydrogen-bond acceptors (Lipinski definition) is 7. The van der Waals surface area contributed by atoms with E-state index in [1.165, 1.54) is 19.2 Å². The topological polar surface area (TPSA) is 114 Å². The lowest BCUT2D eigenvalue weighted by molar-refractivity contribution is -0.385. The van der Waals surface area contributed by atoms with E-state index in [4.69, 9.17) is 0 Å². The number of nitro benzene ring substituents is 1. The number of sulfonamides is 1. The van der Waals surface area contributed by atoms with Gasteiger partial charge >= 0.3 is 0 Å². The first-order chi connectivity index (χ1) is 9.83. The Kier molecular flexibility index (Phi) is 4.09. The van der Waals surface area contributed by atoms with Crippen LogP contribution in [0.15, 0.2) is 28.5 Å². The van der Waals surface area contributed by atoms with E-state index in [0.717, 1.165) is 17.4 Å². The molecule has 1 aromatic heterocycles. The van der Waals surface area contributed by atoms with Gasteiger partial charge in [0.1, 0.15) is 4.90 Å². The lowest BCUT2D eigenvalue weighted by atomic mass is 10.3. The molecule has 0 bridgehead atoms. The minimum absolute atomic E-state index is 0.202. The molecule has 21 heavy (non-hydrogen) atoms. The average Bonchev–Trinajstić information content (AvgIpc) is 2.82. The van der Waals surface area contributed by atoms with Gasteiger partial charge in [-0.05, 0) is 13.0 Å². The Morgan fingerprint density at radius 1 is 1.38 bits per heavy atom. The van der Waals surface area contributed by atoms with Gasteiger partial charge in [0.25, 0.3) is 15.7 Å². The SMILES string of the molecule is CNc1ccc([N+](=O)[O-])cc1S(=O)(=O)Nc1nc(C)cs1. The zero-order valence-corrected chi connectivity index (χ0v) is 12.8. The molecule has 0 aliphatic heterocycles. The van der Waals surface area contributed by atoms with Crippen LogP contribution < -0.4 is 10.0 Å². The van der Waals surface area contributed by atoms with Crippen LogP contribution in [-0.2, 0) is 10.0 Å². The van der Waals surface area contributed by atoms with Gasteiger partial charge in [-0.2, -0.15) is 0 Å². The zero-order chi connectivity index (χ0) is 15.6. The van der Waals surface area contributed by atoms with E-state index in [2.05, 4.69) is 15.0 Å². The Morgan fingerprint density at radius 3 is 2.62 bits per heavy atom. The molecule has 0 amide bonds. The largest absolute Gasteiger partial charge is 0.387 e. The summed E-state index contributed by atoms with van der Waals surface area (Å²) < 4.78 is 27.0. The molecule has 1 heterocycles. The fraction of sp³-hybridized carbons (Fsp3) is 0.182. The summed E-state index contributed by atoms with van der Waals surface area (Å²) >= 11 is 1.14. The van der Waals surface area contributed by atoms with E-state index < -0.39 is 14.9 Å². The number of benzene rings is 1. The molecule has 0 fully saturated rings. The molecule has 0 radical (unpaired) electrons. The summed E-state index contributed by atoms with van der Waals surface area (Å²) in [5.74, 6) is 0. The first-order valence-electron chi connectivity index (χ1n) is 5.74. The Bertz CT molecular complexity index is 785. The number of hydrogen-bond donors (Lipinski definition) is 2. The Morgan fingerprint density at radius 2 is 2.10 bits per heavy atom. The fourth-order valence-corrected chi connectivity index (χ4v) is 3.80. The molecule has 0 aliphatic rings. The number of anilines is 2. The van der Waals surface area contributed by atoms with Crippen molar-refractivity contribution in [2.24, 2.45) is 0 Å². The number of aromatic nitrogens is 1. The van der Waals surface area contributed by atoms with Crippen LogP contribution in [0, 0.1) is 17.0 Å². The molecule has 112 valence electrons. The summed E-state index contributed by atoms with van der Waals surface area (Å²) in [6.07, 6.45) is 0. The van der Waals surface area contributed by atoms with Gasteiger partial charge < -0.3 is 5.32 Å². The van der Waals surface area contributed by atoms with Crippen LogP contribution in [0.2, 0.25) is 0 Å². The predicted octanol–water partition coefficient (Wildman–Crippen LogP) is 2.20. The highest BCUT2D eigenvalue weighted by Crippen LogP contribution is 2.28. The predicted molar refractivity (Wildman–Crippen MR) is 80.3 cm³/mol. The molecule has 0 aliphatic carbocycles. The number of thiazole rings is 1. The second-order valence-corrected chi connectivity index (χ2v) is 6.60. The highest BCUT2D eigenvalue weighted by molar-refractivity contribution is 7.93. The molecule has 2 rings (SSSR count). The number of rotatable bonds is 5. The molecular formula is C11H12N4O4S2. The van der Waals surface area contributed by atoms with E-state index in [1.54, 1.807) is 12.3 Å². The van der Waals surface area contributed by atoms with Crippen molar-refractivity contribution in [1.29, 1.82) is 0 Å². The second kappa shape index (κ2) is 5.66. The summed E-state index contributed by atoms with van der Waals surface area (Å²) in [5.41, 5.74) is 0.650. The van der Waals surface area contributed by atoms with Gasteiger partial charge in [-0.1, -0.05) is 0 Å². The van der Waals surface area contributed by atoms with Gasteiger partial charge in [-0.25, -0.2) is 13.4 Å². The molecule has 8 nitrogen and oxygen atoms in total. The summed E-state index contributed by atoms with van der Waals surface area (Å²) in [5, 5.41) is 15.4. The average molecular weight is 328 g/mol. The number of nitrogens with one attached hydrogen (secondary N) is 2. The van der Waals surface area contributed by atoms with Crippen molar-refractivity contribution < 1.29 is 13.3 Å². The number of nitrogens with zero attached hydrogens (tertiary/aromatic N) is 2. The standard InChI is InChI=1S/C11H12N4O4S2/c1-7-6-20-11(13-7)14-21(18,19)10-5-8(15(16)17)3-4-9(10)12-2/h3-6,12H,1-2H3,(H,13,14). The third kappa shape index (κ3) is 3.28. The third-order valence-electron chi connectivity index (χ3n) is 2.58. The van der Waals surface area contributed by atoms with Crippen molar-refractivity contribution in [3.8, 4) is 0 Å². The number of non-ortho nitro benzene ring substituents is 1. The van der Waals surface area contributed by atoms with Gasteiger partial charge in [-0.3, -0.25) is 14.8 Å². The van der Waals surface area contributed by atoms with Crippen LogP contribution >= 0.6 is 11.3 Å². The third-order valence-corrected chi connectivity index (χ3v) is 4.96. The normalized spacial score (nSPS) is 11.1. The molecule has 10 heteroatoms. The molecule has 0 saturated carbocycles. The van der Waals surface area contributed by atoms with Crippen molar-refractivity contribution in [1.82, 2.24) is 4.98 Å². The molecule has 0 atom stereocenters.